The van der Waals surface area contributed by atoms with E-state index >= 15 is 4.79 Å². The van der Waals surface area contributed by atoms with Crippen LogP contribution in [0.4, 0.5) is 0 Å². The number of fused-ring (bicyclic) bond motifs is 7. The summed E-state index contributed by atoms with van der Waals surface area (Å²) in [5, 5.41) is 17.1. The van der Waals surface area contributed by atoms with Crippen LogP contribution in [0.5, 0.6) is 34.5 Å². The lowest BCUT2D eigenvalue weighted by Crippen LogP contribution is -2.22. The lowest BCUT2D eigenvalue weighted by Gasteiger charge is -2.32. The summed E-state index contributed by atoms with van der Waals surface area (Å²) in [5.74, 6) is 2.71. The van der Waals surface area contributed by atoms with Crippen LogP contribution in [0.15, 0.2) is 158 Å². The number of esters is 1. The Labute approximate surface area is 569 Å². The van der Waals surface area contributed by atoms with E-state index in [-0.39, 0.29) is 51.6 Å². The fourth-order valence-corrected chi connectivity index (χ4v) is 14.0. The van der Waals surface area contributed by atoms with Crippen molar-refractivity contribution in [2.24, 2.45) is 0 Å². The van der Waals surface area contributed by atoms with Gasteiger partial charge in [0.15, 0.2) is 0 Å². The van der Waals surface area contributed by atoms with Crippen LogP contribution < -0.4 is 23.7 Å². The second kappa shape index (κ2) is 26.8. The van der Waals surface area contributed by atoms with Crippen molar-refractivity contribution in [1.82, 2.24) is 0 Å². The molecular formula is C87H96O9. The SMILES string of the molecule is CC(C)(C)c1cc2c3c(c1)Cc1cc(C(C)(C)C)cc(c1OCCOc1cc4ccccc4cc1C(=O)Oc1ccc4ccccc4c1-c1c(O)ccc4ccccc14)Cc1cc(C(C)(C)C)cc(c1C(C)(C)C)Cc1cc(C(C)(C)C)cc(c1OCCOCCOCCO3)C2. The minimum absolute atomic E-state index is 0.0823. The average Bonchev–Trinajstić information content (AvgIpc) is 0.765. The van der Waals surface area contributed by atoms with Crippen molar-refractivity contribution in [3.05, 3.63) is 236 Å². The highest BCUT2D eigenvalue weighted by atomic mass is 16.6. The summed E-state index contributed by atoms with van der Waals surface area (Å²) in [4.78, 5) is 15.2. The number of rotatable bonds is 8. The highest BCUT2D eigenvalue weighted by molar-refractivity contribution is 6.11. The molecule has 0 fully saturated rings. The lowest BCUT2D eigenvalue weighted by molar-refractivity contribution is 0.0273. The largest absolute Gasteiger partial charge is 0.507 e. The zero-order valence-corrected chi connectivity index (χ0v) is 59.2. The summed E-state index contributed by atoms with van der Waals surface area (Å²) in [6.45, 7) is 37.4. The third-order valence-corrected chi connectivity index (χ3v) is 19.0. The number of phenolic OH excluding ortho intramolecular Hbond substituents is 1. The van der Waals surface area contributed by atoms with Crippen molar-refractivity contribution < 1.29 is 43.1 Å². The van der Waals surface area contributed by atoms with Gasteiger partial charge in [0.25, 0.3) is 0 Å². The van der Waals surface area contributed by atoms with Crippen molar-refractivity contribution in [1.29, 1.82) is 0 Å². The van der Waals surface area contributed by atoms with E-state index in [0.29, 0.717) is 88.0 Å². The summed E-state index contributed by atoms with van der Waals surface area (Å²) in [6, 6.07) is 54.2. The van der Waals surface area contributed by atoms with Gasteiger partial charge in [-0.05, 0) is 156 Å². The molecule has 0 unspecified atom stereocenters. The Balaban J connectivity index is 1.01. The molecule has 1 heterocycles. The third kappa shape index (κ3) is 14.5. The number of carbonyl (C=O) groups is 1. The molecule has 0 saturated carbocycles. The predicted octanol–water partition coefficient (Wildman–Crippen LogP) is 20.2. The number of carbonyl (C=O) groups excluding carboxylic acids is 1. The van der Waals surface area contributed by atoms with Crippen LogP contribution in [0.25, 0.3) is 43.4 Å². The van der Waals surface area contributed by atoms with E-state index in [0.717, 1.165) is 82.9 Å². The molecular weight excluding hydrogens is 1190 g/mol. The number of ether oxygens (including phenoxy) is 7. The molecule has 10 aromatic carbocycles. The van der Waals surface area contributed by atoms with E-state index < -0.39 is 5.97 Å². The normalized spacial score (nSPS) is 14.4. The Morgan fingerprint density at radius 1 is 0.385 bits per heavy atom. The quantitative estimate of drug-likeness (QED) is 0.0905. The number of benzene rings is 10. The van der Waals surface area contributed by atoms with Crippen LogP contribution in [0.2, 0.25) is 0 Å². The standard InChI is InChI=1S/C87H96O9/c1-83(2,3)66-44-58-40-60-46-67(84(4,5)6)48-62-42-64-50-69(86(10,11)12)51-65(81(64)94-37-35-91-33-32-90-34-36-93-79(60)62)43-63-49-68(85(7,8)9)47-61(41-59(45-66)78(58)87(13,14)15)80(63)95-39-38-92-75-53-57-25-17-16-24-56(57)52-72(75)82(89)96-74-31-29-55-23-19-21-27-71(55)77(74)76-70-26-20-18-22-54(70)28-30-73(76)88/h16-31,44-53,88H,32-43H2,1-15H3. The van der Waals surface area contributed by atoms with E-state index in [1.54, 1.807) is 6.07 Å². The minimum Gasteiger partial charge on any atom is -0.507 e. The van der Waals surface area contributed by atoms with E-state index in [2.05, 4.69) is 152 Å². The van der Waals surface area contributed by atoms with Gasteiger partial charge >= 0.3 is 5.97 Å². The fourth-order valence-electron chi connectivity index (χ4n) is 14.0. The van der Waals surface area contributed by atoms with Crippen molar-refractivity contribution in [2.75, 3.05) is 52.9 Å². The number of aromatic hydroxyl groups is 1. The first-order valence-corrected chi connectivity index (χ1v) is 34.4. The van der Waals surface area contributed by atoms with Gasteiger partial charge in [-0.25, -0.2) is 4.79 Å². The Kier molecular flexibility index (Phi) is 18.8. The summed E-state index contributed by atoms with van der Waals surface area (Å²) >= 11 is 0. The maximum Gasteiger partial charge on any atom is 0.347 e. The van der Waals surface area contributed by atoms with Crippen LogP contribution in [-0.4, -0.2) is 63.9 Å². The molecule has 0 aromatic heterocycles. The molecule has 0 spiro atoms. The Morgan fingerprint density at radius 3 is 1.26 bits per heavy atom. The monoisotopic (exact) mass is 1280 g/mol. The maximum absolute atomic E-state index is 15.2. The van der Waals surface area contributed by atoms with Gasteiger partial charge in [-0.1, -0.05) is 237 Å². The molecule has 0 atom stereocenters. The van der Waals surface area contributed by atoms with E-state index in [1.807, 2.05) is 103 Å². The zero-order valence-electron chi connectivity index (χ0n) is 59.2. The zero-order chi connectivity index (χ0) is 68.1. The van der Waals surface area contributed by atoms with Gasteiger partial charge < -0.3 is 38.3 Å². The topological polar surface area (TPSA) is 102 Å². The maximum atomic E-state index is 15.2. The molecule has 9 heteroatoms. The van der Waals surface area contributed by atoms with Gasteiger partial charge in [0.1, 0.15) is 66.5 Å². The first-order chi connectivity index (χ1) is 45.6. The molecule has 1 aliphatic heterocycles. The third-order valence-electron chi connectivity index (χ3n) is 19.0. The summed E-state index contributed by atoms with van der Waals surface area (Å²) in [6.07, 6.45) is 2.30. The van der Waals surface area contributed by atoms with Crippen molar-refractivity contribution in [3.8, 4) is 45.6 Å². The van der Waals surface area contributed by atoms with Crippen LogP contribution in [0.1, 0.15) is 187 Å². The Morgan fingerprint density at radius 2 is 0.771 bits per heavy atom. The molecule has 10 aromatic rings. The minimum atomic E-state index is -0.596. The predicted molar refractivity (Wildman–Crippen MR) is 392 cm³/mol. The van der Waals surface area contributed by atoms with Gasteiger partial charge in [0.05, 0.1) is 26.4 Å². The Bertz CT molecular complexity index is 4570. The van der Waals surface area contributed by atoms with Crippen molar-refractivity contribution in [3.63, 3.8) is 0 Å². The van der Waals surface area contributed by atoms with Crippen molar-refractivity contribution >= 4 is 38.3 Å². The molecule has 2 aliphatic rings. The number of hydrogen-bond acceptors (Lipinski definition) is 9. The van der Waals surface area contributed by atoms with Gasteiger partial charge in [-0.15, -0.1) is 0 Å². The van der Waals surface area contributed by atoms with E-state index in [9.17, 15) is 5.11 Å². The highest BCUT2D eigenvalue weighted by Crippen LogP contribution is 2.48. The number of phenols is 1. The second-order valence-electron chi connectivity index (χ2n) is 31.5. The molecule has 96 heavy (non-hydrogen) atoms. The van der Waals surface area contributed by atoms with Crippen LogP contribution in [0, 0.1) is 0 Å². The molecule has 498 valence electrons. The summed E-state index contributed by atoms with van der Waals surface area (Å²) in [7, 11) is 0. The van der Waals surface area contributed by atoms with Gasteiger partial charge in [0, 0.05) is 36.8 Å². The molecule has 0 radical (unpaired) electrons. The van der Waals surface area contributed by atoms with Crippen LogP contribution in [0.3, 0.4) is 0 Å². The average molecular weight is 1290 g/mol. The summed E-state index contributed by atoms with van der Waals surface area (Å²) < 4.78 is 47.6. The van der Waals surface area contributed by atoms with Gasteiger partial charge in [0.2, 0.25) is 0 Å². The van der Waals surface area contributed by atoms with Crippen LogP contribution in [-0.2, 0) is 62.2 Å². The van der Waals surface area contributed by atoms with Crippen molar-refractivity contribution in [2.45, 2.75) is 157 Å². The van der Waals surface area contributed by atoms with E-state index in [1.165, 1.54) is 38.9 Å². The summed E-state index contributed by atoms with van der Waals surface area (Å²) in [5.41, 5.74) is 15.6. The smallest absolute Gasteiger partial charge is 0.347 e. The molecule has 1 aliphatic carbocycles. The lowest BCUT2D eigenvalue weighted by atomic mass is 9.73. The molecule has 12 rings (SSSR count). The fraction of sp³-hybridized carbons (Fsp3) is 0.368. The second-order valence-corrected chi connectivity index (χ2v) is 31.5. The van der Waals surface area contributed by atoms with Gasteiger partial charge in [-0.2, -0.15) is 0 Å². The molecule has 0 saturated heterocycles. The molecule has 10 bridgehead atoms. The molecule has 9 nitrogen and oxygen atoms in total. The number of hydrogen-bond donors (Lipinski definition) is 1. The highest BCUT2D eigenvalue weighted by Gasteiger charge is 2.32. The van der Waals surface area contributed by atoms with Crippen LogP contribution >= 0.6 is 0 Å². The molecule has 0 amide bonds. The van der Waals surface area contributed by atoms with E-state index in [4.69, 9.17) is 33.2 Å². The first-order valence-electron chi connectivity index (χ1n) is 34.4. The first kappa shape index (κ1) is 67.4. The molecule has 1 N–H and O–H groups in total. The Hall–Kier alpha value is -8.63. The van der Waals surface area contributed by atoms with Gasteiger partial charge in [-0.3, -0.25) is 0 Å².